The summed E-state index contributed by atoms with van der Waals surface area (Å²) in [5, 5.41) is 0. The Bertz CT molecular complexity index is 836. The van der Waals surface area contributed by atoms with Crippen LogP contribution in [0, 0.1) is 0 Å². The predicted molar refractivity (Wildman–Crippen MR) is 91.8 cm³/mol. The van der Waals surface area contributed by atoms with E-state index in [0.29, 0.717) is 17.7 Å². The second-order valence-corrected chi connectivity index (χ2v) is 5.53. The molecule has 120 valence electrons. The van der Waals surface area contributed by atoms with Gasteiger partial charge in [0.05, 0.1) is 6.26 Å². The molecule has 2 aromatic carbocycles. The maximum Gasteiger partial charge on any atom is 0.253 e. The monoisotopic (exact) mass is 319 g/mol. The number of hydrogen-bond donors (Lipinski definition) is 0. The van der Waals surface area contributed by atoms with Crippen molar-refractivity contribution < 1.29 is 14.0 Å². The second-order valence-electron chi connectivity index (χ2n) is 5.53. The highest BCUT2D eigenvalue weighted by Crippen LogP contribution is 2.20. The van der Waals surface area contributed by atoms with E-state index in [1.807, 2.05) is 42.5 Å². The maximum atomic E-state index is 12.6. The van der Waals surface area contributed by atoms with Crippen molar-refractivity contribution in [1.29, 1.82) is 0 Å². The standard InChI is InChI=1S/C20H17NO3/c1-21(13-17-5-2-3-6-18(17)14-22)20(23)16-10-8-15(9-11-16)19-7-4-12-24-19/h2-12,14H,13H2,1H3. The molecule has 0 aliphatic carbocycles. The van der Waals surface area contributed by atoms with Gasteiger partial charge in [0, 0.05) is 30.3 Å². The minimum Gasteiger partial charge on any atom is -0.464 e. The van der Waals surface area contributed by atoms with Gasteiger partial charge in [0.2, 0.25) is 0 Å². The first-order chi connectivity index (χ1) is 11.7. The number of nitrogens with zero attached hydrogens (tertiary/aromatic N) is 1. The van der Waals surface area contributed by atoms with Crippen LogP contribution in [0.4, 0.5) is 0 Å². The first-order valence-corrected chi connectivity index (χ1v) is 7.61. The smallest absolute Gasteiger partial charge is 0.253 e. The molecule has 0 N–H and O–H groups in total. The van der Waals surface area contributed by atoms with E-state index in [9.17, 15) is 9.59 Å². The van der Waals surface area contributed by atoms with E-state index in [1.54, 1.807) is 36.4 Å². The molecule has 3 rings (SSSR count). The number of benzene rings is 2. The number of furan rings is 1. The Morgan fingerprint density at radius 1 is 1.04 bits per heavy atom. The van der Waals surface area contributed by atoms with Gasteiger partial charge in [0.15, 0.2) is 0 Å². The van der Waals surface area contributed by atoms with Crippen LogP contribution in [0.2, 0.25) is 0 Å². The molecule has 0 bridgehead atoms. The van der Waals surface area contributed by atoms with Gasteiger partial charge in [-0.1, -0.05) is 36.4 Å². The van der Waals surface area contributed by atoms with Gasteiger partial charge in [-0.2, -0.15) is 0 Å². The summed E-state index contributed by atoms with van der Waals surface area (Å²) in [6.07, 6.45) is 2.43. The molecule has 0 atom stereocenters. The van der Waals surface area contributed by atoms with E-state index in [2.05, 4.69) is 0 Å². The largest absolute Gasteiger partial charge is 0.464 e. The summed E-state index contributed by atoms with van der Waals surface area (Å²) in [7, 11) is 1.73. The molecule has 0 unspecified atom stereocenters. The average Bonchev–Trinajstić information content (AvgIpc) is 3.16. The van der Waals surface area contributed by atoms with Crippen LogP contribution in [0.1, 0.15) is 26.3 Å². The molecular weight excluding hydrogens is 302 g/mol. The fourth-order valence-electron chi connectivity index (χ4n) is 2.56. The molecular formula is C20H17NO3. The van der Waals surface area contributed by atoms with Crippen LogP contribution in [0.3, 0.4) is 0 Å². The van der Waals surface area contributed by atoms with Gasteiger partial charge >= 0.3 is 0 Å². The zero-order valence-electron chi connectivity index (χ0n) is 13.3. The van der Waals surface area contributed by atoms with Crippen molar-refractivity contribution >= 4 is 12.2 Å². The molecule has 3 aromatic rings. The van der Waals surface area contributed by atoms with Crippen LogP contribution in [-0.4, -0.2) is 24.1 Å². The number of amides is 1. The number of rotatable bonds is 5. The van der Waals surface area contributed by atoms with Crippen molar-refractivity contribution in [1.82, 2.24) is 4.90 Å². The minimum absolute atomic E-state index is 0.0957. The zero-order valence-corrected chi connectivity index (χ0v) is 13.3. The summed E-state index contributed by atoms with van der Waals surface area (Å²) in [6.45, 7) is 0.383. The molecule has 0 radical (unpaired) electrons. The summed E-state index contributed by atoms with van der Waals surface area (Å²) in [6, 6.07) is 18.3. The summed E-state index contributed by atoms with van der Waals surface area (Å²) in [4.78, 5) is 25.2. The Labute approximate surface area is 140 Å². The molecule has 0 spiro atoms. The van der Waals surface area contributed by atoms with Crippen LogP contribution >= 0.6 is 0 Å². The Morgan fingerprint density at radius 3 is 2.46 bits per heavy atom. The van der Waals surface area contributed by atoms with E-state index < -0.39 is 0 Å². The predicted octanol–water partition coefficient (Wildman–Crippen LogP) is 4.03. The molecule has 1 heterocycles. The lowest BCUT2D eigenvalue weighted by atomic mass is 10.1. The number of hydrogen-bond acceptors (Lipinski definition) is 3. The van der Waals surface area contributed by atoms with Crippen LogP contribution < -0.4 is 0 Å². The minimum atomic E-state index is -0.0957. The summed E-state index contributed by atoms with van der Waals surface area (Å²) in [5.41, 5.74) is 2.95. The number of aldehydes is 1. The quantitative estimate of drug-likeness (QED) is 0.667. The molecule has 0 fully saturated rings. The van der Waals surface area contributed by atoms with Crippen molar-refractivity contribution in [2.24, 2.45) is 0 Å². The number of carbonyl (C=O) groups is 2. The molecule has 0 saturated heterocycles. The summed E-state index contributed by atoms with van der Waals surface area (Å²) < 4.78 is 5.34. The second kappa shape index (κ2) is 6.96. The highest BCUT2D eigenvalue weighted by Gasteiger charge is 2.14. The van der Waals surface area contributed by atoms with Gasteiger partial charge in [-0.15, -0.1) is 0 Å². The lowest BCUT2D eigenvalue weighted by molar-refractivity contribution is 0.0784. The van der Waals surface area contributed by atoms with Crippen molar-refractivity contribution in [3.05, 3.63) is 83.6 Å². The average molecular weight is 319 g/mol. The van der Waals surface area contributed by atoms with E-state index in [4.69, 9.17) is 4.42 Å². The highest BCUT2D eigenvalue weighted by molar-refractivity contribution is 5.94. The van der Waals surface area contributed by atoms with Crippen molar-refractivity contribution in [2.75, 3.05) is 7.05 Å². The zero-order chi connectivity index (χ0) is 16.9. The van der Waals surface area contributed by atoms with E-state index in [0.717, 1.165) is 23.2 Å². The first-order valence-electron chi connectivity index (χ1n) is 7.61. The number of carbonyl (C=O) groups excluding carboxylic acids is 2. The fraction of sp³-hybridized carbons (Fsp3) is 0.100. The van der Waals surface area contributed by atoms with E-state index >= 15 is 0 Å². The van der Waals surface area contributed by atoms with Crippen LogP contribution in [0.15, 0.2) is 71.3 Å². The highest BCUT2D eigenvalue weighted by atomic mass is 16.3. The Kier molecular flexibility index (Phi) is 4.57. The van der Waals surface area contributed by atoms with Crippen molar-refractivity contribution in [3.8, 4) is 11.3 Å². The van der Waals surface area contributed by atoms with Crippen molar-refractivity contribution in [2.45, 2.75) is 6.54 Å². The summed E-state index contributed by atoms with van der Waals surface area (Å²) >= 11 is 0. The molecule has 0 aliphatic heterocycles. The molecule has 1 aromatic heterocycles. The third-order valence-electron chi connectivity index (χ3n) is 3.87. The van der Waals surface area contributed by atoms with Gasteiger partial charge in [0.1, 0.15) is 12.0 Å². The normalized spacial score (nSPS) is 10.4. The van der Waals surface area contributed by atoms with Gasteiger partial charge in [-0.05, 0) is 29.8 Å². The van der Waals surface area contributed by atoms with Gasteiger partial charge < -0.3 is 9.32 Å². The SMILES string of the molecule is CN(Cc1ccccc1C=O)C(=O)c1ccc(-c2ccco2)cc1. The Morgan fingerprint density at radius 2 is 1.79 bits per heavy atom. The summed E-state index contributed by atoms with van der Waals surface area (Å²) in [5.74, 6) is 0.670. The molecule has 0 saturated carbocycles. The maximum absolute atomic E-state index is 12.6. The van der Waals surface area contributed by atoms with Gasteiger partial charge in [-0.25, -0.2) is 0 Å². The molecule has 1 amide bonds. The molecule has 24 heavy (non-hydrogen) atoms. The Balaban J connectivity index is 1.75. The third-order valence-corrected chi connectivity index (χ3v) is 3.87. The molecule has 4 heteroatoms. The molecule has 0 aliphatic rings. The van der Waals surface area contributed by atoms with E-state index in [1.165, 1.54) is 0 Å². The van der Waals surface area contributed by atoms with E-state index in [-0.39, 0.29) is 5.91 Å². The lowest BCUT2D eigenvalue weighted by Gasteiger charge is -2.18. The van der Waals surface area contributed by atoms with Crippen molar-refractivity contribution in [3.63, 3.8) is 0 Å². The van der Waals surface area contributed by atoms with Crippen LogP contribution in [0.25, 0.3) is 11.3 Å². The van der Waals surface area contributed by atoms with Crippen LogP contribution in [0.5, 0.6) is 0 Å². The first kappa shape index (κ1) is 15.7. The Hall–Kier alpha value is -3.14. The third kappa shape index (κ3) is 3.27. The van der Waals surface area contributed by atoms with Crippen LogP contribution in [-0.2, 0) is 6.54 Å². The fourth-order valence-corrected chi connectivity index (χ4v) is 2.56. The topological polar surface area (TPSA) is 50.5 Å². The lowest BCUT2D eigenvalue weighted by Crippen LogP contribution is -2.26. The van der Waals surface area contributed by atoms with Gasteiger partial charge in [-0.3, -0.25) is 9.59 Å². The van der Waals surface area contributed by atoms with Gasteiger partial charge in [0.25, 0.3) is 5.91 Å². The molecule has 4 nitrogen and oxygen atoms in total.